The van der Waals surface area contributed by atoms with Gasteiger partial charge >= 0.3 is 7.25 Å². The van der Waals surface area contributed by atoms with Crippen molar-refractivity contribution in [1.82, 2.24) is 4.90 Å². The minimum absolute atomic E-state index is 0.0180. The predicted octanol–water partition coefficient (Wildman–Crippen LogP) is 4.95. The molecule has 0 spiro atoms. The van der Waals surface area contributed by atoms with Gasteiger partial charge in [-0.05, 0) is 50.2 Å². The van der Waals surface area contributed by atoms with Gasteiger partial charge in [-0.25, -0.2) is 0 Å². The largest absolute Gasteiger partial charge is 0.673 e. The van der Waals surface area contributed by atoms with E-state index in [0.29, 0.717) is 13.2 Å². The molecule has 9 heteroatoms. The van der Waals surface area contributed by atoms with E-state index >= 15 is 0 Å². The van der Waals surface area contributed by atoms with Crippen LogP contribution in [-0.4, -0.2) is 56.0 Å². The molecule has 1 saturated heterocycles. The van der Waals surface area contributed by atoms with Crippen molar-refractivity contribution in [2.24, 2.45) is 0 Å². The molecule has 0 aliphatic carbocycles. The molecule has 1 fully saturated rings. The molecule has 0 aromatic heterocycles. The molecule has 2 aromatic carbocycles. The summed E-state index contributed by atoms with van der Waals surface area (Å²) in [6.45, 7) is 7.05. The number of halogens is 4. The molecule has 3 nitrogen and oxygen atoms in total. The summed E-state index contributed by atoms with van der Waals surface area (Å²) < 4.78 is 44.4. The molecule has 0 N–H and O–H groups in total. The maximum Gasteiger partial charge on any atom is 0.673 e. The summed E-state index contributed by atoms with van der Waals surface area (Å²) in [4.78, 5) is 17.8. The van der Waals surface area contributed by atoms with Gasteiger partial charge in [-0.15, -0.1) is 0 Å². The van der Waals surface area contributed by atoms with Crippen LogP contribution in [0.1, 0.15) is 24.2 Å². The van der Waals surface area contributed by atoms with Crippen molar-refractivity contribution >= 4 is 23.9 Å². The summed E-state index contributed by atoms with van der Waals surface area (Å²) in [5, 5.41) is 0. The lowest BCUT2D eigenvalue weighted by Crippen LogP contribution is -2.54. The molecule has 1 heterocycles. The Hall–Kier alpha value is -1.84. The van der Waals surface area contributed by atoms with E-state index in [0.717, 1.165) is 18.7 Å². The highest BCUT2D eigenvalue weighted by atomic mass is 32.2. The SMILES string of the molecule is C[S+](c1ccccc1)c1ccc(C(=O)C(C)(C)N2CCOCC2)cc1.F[B-](F)(F)F. The third-order valence-corrected chi connectivity index (χ3v) is 6.88. The van der Waals surface area contributed by atoms with Gasteiger partial charge < -0.3 is 22.0 Å². The number of morpholine rings is 1. The number of hydrogen-bond acceptors (Lipinski definition) is 3. The van der Waals surface area contributed by atoms with E-state index in [4.69, 9.17) is 4.74 Å². The van der Waals surface area contributed by atoms with E-state index in [2.05, 4.69) is 47.6 Å². The van der Waals surface area contributed by atoms with E-state index in [-0.39, 0.29) is 16.7 Å². The molecule has 0 saturated carbocycles. The number of nitrogens with zero attached hydrogens (tertiary/aromatic N) is 1. The maximum absolute atomic E-state index is 13.0. The number of carbonyl (C=O) groups excluding carboxylic acids is 1. The van der Waals surface area contributed by atoms with Crippen LogP contribution in [0, 0.1) is 0 Å². The van der Waals surface area contributed by atoms with Crippen molar-refractivity contribution in [3.05, 3.63) is 60.2 Å². The summed E-state index contributed by atoms with van der Waals surface area (Å²) in [5.74, 6) is 0.177. The van der Waals surface area contributed by atoms with Crippen LogP contribution >= 0.6 is 0 Å². The molecular weight excluding hydrogens is 417 g/mol. The van der Waals surface area contributed by atoms with Crippen molar-refractivity contribution in [3.8, 4) is 0 Å². The van der Waals surface area contributed by atoms with Crippen LogP contribution in [0.5, 0.6) is 0 Å². The number of ketones is 1. The quantitative estimate of drug-likeness (QED) is 0.284. The zero-order valence-corrected chi connectivity index (χ0v) is 18.1. The van der Waals surface area contributed by atoms with Gasteiger partial charge in [-0.3, -0.25) is 9.69 Å². The van der Waals surface area contributed by atoms with Crippen molar-refractivity contribution < 1.29 is 26.8 Å². The molecule has 1 aliphatic heterocycles. The number of carbonyl (C=O) groups is 1. The Morgan fingerprint density at radius 1 is 0.933 bits per heavy atom. The number of rotatable bonds is 5. The van der Waals surface area contributed by atoms with Gasteiger partial charge in [0.2, 0.25) is 0 Å². The molecule has 1 unspecified atom stereocenters. The lowest BCUT2D eigenvalue weighted by Gasteiger charge is -2.39. The maximum atomic E-state index is 13.0. The van der Waals surface area contributed by atoms with Crippen LogP contribution in [0.3, 0.4) is 0 Å². The third kappa shape index (κ3) is 7.14. The lowest BCUT2D eigenvalue weighted by atomic mass is 9.91. The standard InChI is InChI=1S/C21H26NO2S.BF4/c1-21(2,22-13-15-24-16-14-22)20(23)17-9-11-19(12-10-17)25(3)18-7-5-4-6-8-18;2-1(3,4)5/h4-12H,13-16H2,1-3H3;/q+1;-1. The van der Waals surface area contributed by atoms with Crippen LogP contribution in [-0.2, 0) is 15.6 Å². The van der Waals surface area contributed by atoms with Gasteiger partial charge in [-0.1, -0.05) is 18.2 Å². The topological polar surface area (TPSA) is 29.5 Å². The number of Topliss-reactive ketones (excluding diaryl/α,β-unsaturated/α-hetero) is 1. The van der Waals surface area contributed by atoms with Gasteiger partial charge in [0.25, 0.3) is 0 Å². The zero-order chi connectivity index (χ0) is 22.4. The highest BCUT2D eigenvalue weighted by Crippen LogP contribution is 2.25. The minimum Gasteiger partial charge on any atom is -0.418 e. The average molecular weight is 443 g/mol. The number of benzene rings is 2. The highest BCUT2D eigenvalue weighted by molar-refractivity contribution is 7.96. The fourth-order valence-corrected chi connectivity index (χ4v) is 4.57. The molecule has 30 heavy (non-hydrogen) atoms. The molecular formula is C21H26BF4NO2S. The summed E-state index contributed by atoms with van der Waals surface area (Å²) in [5.41, 5.74) is 0.281. The first-order chi connectivity index (χ1) is 14.0. The second-order valence-corrected chi connectivity index (χ2v) is 9.29. The molecule has 0 amide bonds. The summed E-state index contributed by atoms with van der Waals surface area (Å²) >= 11 is 0. The second-order valence-electron chi connectivity index (χ2n) is 7.33. The third-order valence-electron chi connectivity index (χ3n) is 4.92. The molecule has 1 atom stereocenters. The fourth-order valence-electron chi connectivity index (χ4n) is 3.19. The molecule has 1 aliphatic rings. The van der Waals surface area contributed by atoms with Gasteiger partial charge in [0.15, 0.2) is 15.6 Å². The lowest BCUT2D eigenvalue weighted by molar-refractivity contribution is -0.00430. The Balaban J connectivity index is 0.000000575. The Labute approximate surface area is 177 Å². The van der Waals surface area contributed by atoms with Crippen LogP contribution in [0.2, 0.25) is 0 Å². The highest BCUT2D eigenvalue weighted by Gasteiger charge is 2.36. The molecule has 164 valence electrons. The number of ether oxygens (including phenoxy) is 1. The summed E-state index contributed by atoms with van der Waals surface area (Å²) in [6.07, 6.45) is 2.23. The fraction of sp³-hybridized carbons (Fsp3) is 0.381. The molecule has 3 rings (SSSR count). The first-order valence-electron chi connectivity index (χ1n) is 9.56. The van der Waals surface area contributed by atoms with E-state index in [1.165, 1.54) is 9.79 Å². The van der Waals surface area contributed by atoms with E-state index in [9.17, 15) is 22.1 Å². The predicted molar refractivity (Wildman–Crippen MR) is 114 cm³/mol. The Kier molecular flexibility index (Phi) is 8.52. The summed E-state index contributed by atoms with van der Waals surface area (Å²) in [6, 6.07) is 18.6. The smallest absolute Gasteiger partial charge is 0.418 e. The van der Waals surface area contributed by atoms with Gasteiger partial charge in [0, 0.05) is 18.7 Å². The van der Waals surface area contributed by atoms with Crippen LogP contribution in [0.4, 0.5) is 17.3 Å². The monoisotopic (exact) mass is 443 g/mol. The van der Waals surface area contributed by atoms with Crippen LogP contribution in [0.25, 0.3) is 0 Å². The van der Waals surface area contributed by atoms with Crippen molar-refractivity contribution in [1.29, 1.82) is 0 Å². The Morgan fingerprint density at radius 3 is 1.90 bits per heavy atom. The summed E-state index contributed by atoms with van der Waals surface area (Å²) in [7, 11) is -5.98. The molecule has 0 radical (unpaired) electrons. The second kappa shape index (κ2) is 10.5. The van der Waals surface area contributed by atoms with E-state index in [1.807, 2.05) is 32.0 Å². The number of hydrogen-bond donors (Lipinski definition) is 0. The normalized spacial score (nSPS) is 16.4. The zero-order valence-electron chi connectivity index (χ0n) is 17.3. The van der Waals surface area contributed by atoms with Crippen molar-refractivity contribution in [2.75, 3.05) is 32.6 Å². The van der Waals surface area contributed by atoms with Gasteiger partial charge in [0.1, 0.15) is 6.26 Å². The Morgan fingerprint density at radius 2 is 1.40 bits per heavy atom. The van der Waals surface area contributed by atoms with Gasteiger partial charge in [0.05, 0.1) is 29.6 Å². The minimum atomic E-state index is -6.00. The molecule has 2 aromatic rings. The van der Waals surface area contributed by atoms with Crippen molar-refractivity contribution in [2.45, 2.75) is 29.2 Å². The van der Waals surface area contributed by atoms with Crippen LogP contribution < -0.4 is 0 Å². The Bertz CT molecular complexity index is 804. The average Bonchev–Trinajstić information content (AvgIpc) is 2.73. The van der Waals surface area contributed by atoms with E-state index in [1.54, 1.807) is 0 Å². The van der Waals surface area contributed by atoms with E-state index < -0.39 is 12.8 Å². The van der Waals surface area contributed by atoms with Gasteiger partial charge in [-0.2, -0.15) is 0 Å². The first kappa shape index (κ1) is 24.4. The van der Waals surface area contributed by atoms with Crippen molar-refractivity contribution in [3.63, 3.8) is 0 Å². The van der Waals surface area contributed by atoms with Crippen LogP contribution in [0.15, 0.2) is 64.4 Å². The molecule has 0 bridgehead atoms. The first-order valence-corrected chi connectivity index (χ1v) is 11.2.